The lowest BCUT2D eigenvalue weighted by molar-refractivity contribution is -0.118. The molecule has 2 amide bonds. The third-order valence-corrected chi connectivity index (χ3v) is 5.67. The van der Waals surface area contributed by atoms with E-state index in [0.717, 1.165) is 5.56 Å². The fourth-order valence-corrected chi connectivity index (χ4v) is 4.33. The second kappa shape index (κ2) is 11.5. The van der Waals surface area contributed by atoms with E-state index in [2.05, 4.69) is 42.5 Å². The number of rotatable bonds is 7. The maximum Gasteiger partial charge on any atom is 0.266 e. The Morgan fingerprint density at radius 1 is 1.00 bits per heavy atom. The predicted octanol–water partition coefficient (Wildman–Crippen LogP) is 6.08. The number of benzene rings is 3. The number of carbonyl (C=O) groups is 2. The van der Waals surface area contributed by atoms with E-state index in [1.165, 1.54) is 6.08 Å². The fourth-order valence-electron chi connectivity index (χ4n) is 2.88. The van der Waals surface area contributed by atoms with Crippen molar-refractivity contribution in [1.82, 2.24) is 0 Å². The molecule has 0 fully saturated rings. The topological polar surface area (TPSA) is 91.2 Å². The number of halogens is 2. The predicted molar refractivity (Wildman–Crippen MR) is 136 cm³/mol. The van der Waals surface area contributed by atoms with E-state index < -0.39 is 5.91 Å². The molecule has 3 aromatic carbocycles. The summed E-state index contributed by atoms with van der Waals surface area (Å²) in [6, 6.07) is 21.8. The van der Waals surface area contributed by atoms with Gasteiger partial charge in [0.25, 0.3) is 11.8 Å². The zero-order valence-corrected chi connectivity index (χ0v) is 20.7. The van der Waals surface area contributed by atoms with Gasteiger partial charge in [0.15, 0.2) is 6.61 Å². The highest BCUT2D eigenvalue weighted by Crippen LogP contribution is 2.35. The minimum absolute atomic E-state index is 0.0482. The average molecular weight is 569 g/mol. The Bertz CT molecular complexity index is 1230. The number of nitriles is 1. The summed E-state index contributed by atoms with van der Waals surface area (Å²) in [4.78, 5) is 24.7. The van der Waals surface area contributed by atoms with Crippen molar-refractivity contribution in [2.75, 3.05) is 17.2 Å². The van der Waals surface area contributed by atoms with Crippen LogP contribution in [0.15, 0.2) is 81.2 Å². The molecule has 0 aliphatic carbocycles. The lowest BCUT2D eigenvalue weighted by Crippen LogP contribution is -2.20. The maximum atomic E-state index is 12.6. The van der Waals surface area contributed by atoms with Crippen molar-refractivity contribution < 1.29 is 14.3 Å². The van der Waals surface area contributed by atoms with Crippen molar-refractivity contribution in [3.63, 3.8) is 0 Å². The standard InChI is InChI=1S/C25H19Br2N3O3/c1-16-7-5-6-10-22(16)30-25(32)18(14-28)11-17-12-20(26)24(21(27)13-17)33-15-23(31)29-19-8-3-2-4-9-19/h2-13H,15H2,1H3,(H,29,31)(H,30,32)/b18-11-. The number of hydrogen-bond donors (Lipinski definition) is 2. The minimum Gasteiger partial charge on any atom is -0.481 e. The molecule has 2 N–H and O–H groups in total. The van der Waals surface area contributed by atoms with Crippen LogP contribution < -0.4 is 15.4 Å². The van der Waals surface area contributed by atoms with Crippen LogP contribution in [0.3, 0.4) is 0 Å². The Morgan fingerprint density at radius 2 is 1.64 bits per heavy atom. The van der Waals surface area contributed by atoms with Crippen molar-refractivity contribution >= 4 is 61.1 Å². The summed E-state index contributed by atoms with van der Waals surface area (Å²) in [5.41, 5.74) is 2.77. The van der Waals surface area contributed by atoms with Gasteiger partial charge in [-0.1, -0.05) is 36.4 Å². The van der Waals surface area contributed by atoms with Gasteiger partial charge in [-0.3, -0.25) is 9.59 Å². The number of hydrogen-bond acceptors (Lipinski definition) is 4. The molecule has 0 saturated heterocycles. The zero-order valence-electron chi connectivity index (χ0n) is 17.6. The SMILES string of the molecule is Cc1ccccc1NC(=O)/C(C#N)=C\c1cc(Br)c(OCC(=O)Nc2ccccc2)c(Br)c1. The van der Waals surface area contributed by atoms with Crippen LogP contribution in [0, 0.1) is 18.3 Å². The zero-order chi connectivity index (χ0) is 23.8. The van der Waals surface area contributed by atoms with Gasteiger partial charge in [-0.2, -0.15) is 5.26 Å². The molecular formula is C25H19Br2N3O3. The largest absolute Gasteiger partial charge is 0.481 e. The van der Waals surface area contributed by atoms with Gasteiger partial charge in [0.05, 0.1) is 8.95 Å². The van der Waals surface area contributed by atoms with Gasteiger partial charge in [-0.25, -0.2) is 0 Å². The van der Waals surface area contributed by atoms with Gasteiger partial charge in [0.2, 0.25) is 0 Å². The Balaban J connectivity index is 1.71. The van der Waals surface area contributed by atoms with E-state index >= 15 is 0 Å². The van der Waals surface area contributed by atoms with Gasteiger partial charge < -0.3 is 15.4 Å². The molecule has 0 spiro atoms. The molecule has 0 heterocycles. The highest BCUT2D eigenvalue weighted by molar-refractivity contribution is 9.11. The molecule has 0 unspecified atom stereocenters. The monoisotopic (exact) mass is 567 g/mol. The summed E-state index contributed by atoms with van der Waals surface area (Å²) in [7, 11) is 0. The normalized spacial score (nSPS) is 10.8. The van der Waals surface area contributed by atoms with Crippen molar-refractivity contribution in [1.29, 1.82) is 5.26 Å². The van der Waals surface area contributed by atoms with Crippen LogP contribution in [-0.2, 0) is 9.59 Å². The summed E-state index contributed by atoms with van der Waals surface area (Å²) in [5.74, 6) is -0.376. The summed E-state index contributed by atoms with van der Waals surface area (Å²) < 4.78 is 6.78. The number of ether oxygens (including phenoxy) is 1. The third-order valence-electron chi connectivity index (χ3n) is 4.50. The number of anilines is 2. The number of nitrogens with one attached hydrogen (secondary N) is 2. The molecule has 166 valence electrons. The average Bonchev–Trinajstić information content (AvgIpc) is 2.79. The summed E-state index contributed by atoms with van der Waals surface area (Å²) in [5, 5.41) is 15.0. The summed E-state index contributed by atoms with van der Waals surface area (Å²) in [6.45, 7) is 1.68. The van der Waals surface area contributed by atoms with Crippen molar-refractivity contribution in [3.8, 4) is 11.8 Å². The summed E-state index contributed by atoms with van der Waals surface area (Å²) in [6.07, 6.45) is 1.48. The van der Waals surface area contributed by atoms with Crippen LogP contribution in [0.5, 0.6) is 5.75 Å². The van der Waals surface area contributed by atoms with Crippen LogP contribution in [0.2, 0.25) is 0 Å². The van der Waals surface area contributed by atoms with Gasteiger partial charge in [-0.15, -0.1) is 0 Å². The number of carbonyl (C=O) groups excluding carboxylic acids is 2. The second-order valence-electron chi connectivity index (χ2n) is 6.96. The van der Waals surface area contributed by atoms with Crippen molar-refractivity contribution in [2.45, 2.75) is 6.92 Å². The fraction of sp³-hybridized carbons (Fsp3) is 0.0800. The number of nitrogens with zero attached hydrogens (tertiary/aromatic N) is 1. The number of amides is 2. The second-order valence-corrected chi connectivity index (χ2v) is 8.66. The molecule has 0 atom stereocenters. The quantitative estimate of drug-likeness (QED) is 0.267. The van der Waals surface area contributed by atoms with Gasteiger partial charge in [-0.05, 0) is 86.3 Å². The first-order valence-corrected chi connectivity index (χ1v) is 11.4. The molecule has 8 heteroatoms. The van der Waals surface area contributed by atoms with Gasteiger partial charge in [0, 0.05) is 11.4 Å². The van der Waals surface area contributed by atoms with Crippen LogP contribution in [0.4, 0.5) is 11.4 Å². The Kier molecular flexibility index (Phi) is 8.41. The van der Waals surface area contributed by atoms with Crippen LogP contribution in [0.1, 0.15) is 11.1 Å². The van der Waals surface area contributed by atoms with E-state index in [1.54, 1.807) is 30.3 Å². The van der Waals surface area contributed by atoms with Crippen LogP contribution in [-0.4, -0.2) is 18.4 Å². The van der Waals surface area contributed by atoms with E-state index in [-0.39, 0.29) is 18.1 Å². The lowest BCUT2D eigenvalue weighted by atomic mass is 10.1. The molecular weight excluding hydrogens is 550 g/mol. The molecule has 0 aliphatic heterocycles. The van der Waals surface area contributed by atoms with Crippen molar-refractivity contribution in [2.24, 2.45) is 0 Å². The maximum absolute atomic E-state index is 12.6. The first-order valence-electron chi connectivity index (χ1n) is 9.83. The van der Waals surface area contributed by atoms with Crippen LogP contribution in [0.25, 0.3) is 6.08 Å². The Labute approximate surface area is 208 Å². The molecule has 33 heavy (non-hydrogen) atoms. The van der Waals surface area contributed by atoms with Gasteiger partial charge >= 0.3 is 0 Å². The van der Waals surface area contributed by atoms with E-state index in [4.69, 9.17) is 4.74 Å². The summed E-state index contributed by atoms with van der Waals surface area (Å²) >= 11 is 6.86. The highest BCUT2D eigenvalue weighted by Gasteiger charge is 2.14. The van der Waals surface area contributed by atoms with Crippen molar-refractivity contribution in [3.05, 3.63) is 92.4 Å². The van der Waals surface area contributed by atoms with Crippen LogP contribution >= 0.6 is 31.9 Å². The molecule has 0 aromatic heterocycles. The molecule has 0 saturated carbocycles. The van der Waals surface area contributed by atoms with Gasteiger partial charge in [0.1, 0.15) is 17.4 Å². The smallest absolute Gasteiger partial charge is 0.266 e. The Hall–Kier alpha value is -3.41. The number of para-hydroxylation sites is 2. The molecule has 3 aromatic rings. The minimum atomic E-state index is -0.503. The van der Waals surface area contributed by atoms with E-state index in [0.29, 0.717) is 31.6 Å². The molecule has 0 aliphatic rings. The molecule has 0 bridgehead atoms. The molecule has 6 nitrogen and oxygen atoms in total. The third kappa shape index (κ3) is 6.78. The molecule has 3 rings (SSSR count). The van der Waals surface area contributed by atoms with E-state index in [9.17, 15) is 14.9 Å². The molecule has 0 radical (unpaired) electrons. The lowest BCUT2D eigenvalue weighted by Gasteiger charge is -2.12. The Morgan fingerprint density at radius 3 is 2.27 bits per heavy atom. The first-order chi connectivity index (χ1) is 15.9. The number of aryl methyl sites for hydroxylation is 1. The van der Waals surface area contributed by atoms with E-state index in [1.807, 2.05) is 49.4 Å². The first kappa shape index (κ1) is 24.2. The highest BCUT2D eigenvalue weighted by atomic mass is 79.9.